The predicted octanol–water partition coefficient (Wildman–Crippen LogP) is 2.53. The highest BCUT2D eigenvalue weighted by molar-refractivity contribution is 5.40. The Balaban J connectivity index is 2.06. The van der Waals surface area contributed by atoms with Gasteiger partial charge >= 0.3 is 0 Å². The summed E-state index contributed by atoms with van der Waals surface area (Å²) in [6.45, 7) is 4.22. The molecule has 19 heavy (non-hydrogen) atoms. The topological polar surface area (TPSA) is 47.9 Å². The zero-order chi connectivity index (χ0) is 13.5. The van der Waals surface area contributed by atoms with Crippen LogP contribution in [-0.2, 0) is 11.3 Å². The third-order valence-electron chi connectivity index (χ3n) is 3.14. The van der Waals surface area contributed by atoms with Crippen LogP contribution in [0, 0.1) is 0 Å². The van der Waals surface area contributed by atoms with Gasteiger partial charge in [-0.15, -0.1) is 0 Å². The number of ether oxygens (including phenoxy) is 3. The second-order valence-electron chi connectivity index (χ2n) is 4.71. The first kappa shape index (κ1) is 14.2. The van der Waals surface area contributed by atoms with E-state index in [9.17, 15) is 5.11 Å². The zero-order valence-corrected chi connectivity index (χ0v) is 11.4. The number of hydrogen-bond acceptors (Lipinski definition) is 4. The van der Waals surface area contributed by atoms with E-state index in [1.54, 1.807) is 0 Å². The van der Waals surface area contributed by atoms with E-state index in [4.69, 9.17) is 14.2 Å². The summed E-state index contributed by atoms with van der Waals surface area (Å²) in [7, 11) is 0. The van der Waals surface area contributed by atoms with Crippen LogP contribution in [0.1, 0.15) is 31.7 Å². The highest BCUT2D eigenvalue weighted by Gasteiger charge is 2.17. The summed E-state index contributed by atoms with van der Waals surface area (Å²) >= 11 is 0. The van der Waals surface area contributed by atoms with Gasteiger partial charge in [-0.25, -0.2) is 0 Å². The SMILES string of the molecule is CCCOc1ccc(CO)c(OC2CCOCC2)c1. The minimum atomic E-state index is -0.0212. The minimum absolute atomic E-state index is 0.0212. The molecule has 106 valence electrons. The van der Waals surface area contributed by atoms with Crippen molar-refractivity contribution in [3.63, 3.8) is 0 Å². The van der Waals surface area contributed by atoms with E-state index in [0.717, 1.165) is 49.5 Å². The van der Waals surface area contributed by atoms with E-state index < -0.39 is 0 Å². The number of aliphatic hydroxyl groups excluding tert-OH is 1. The van der Waals surface area contributed by atoms with Crippen LogP contribution in [-0.4, -0.2) is 31.0 Å². The van der Waals surface area contributed by atoms with Crippen molar-refractivity contribution in [2.45, 2.75) is 38.9 Å². The van der Waals surface area contributed by atoms with E-state index in [1.165, 1.54) is 0 Å². The van der Waals surface area contributed by atoms with Crippen LogP contribution in [0.25, 0.3) is 0 Å². The maximum atomic E-state index is 9.37. The molecule has 4 nitrogen and oxygen atoms in total. The Labute approximate surface area is 114 Å². The Morgan fingerprint density at radius 2 is 2.11 bits per heavy atom. The highest BCUT2D eigenvalue weighted by Crippen LogP contribution is 2.27. The van der Waals surface area contributed by atoms with Crippen LogP contribution in [0.2, 0.25) is 0 Å². The predicted molar refractivity (Wildman–Crippen MR) is 72.6 cm³/mol. The van der Waals surface area contributed by atoms with Crippen molar-refractivity contribution >= 4 is 0 Å². The molecule has 0 saturated carbocycles. The molecule has 1 fully saturated rings. The number of aliphatic hydroxyl groups is 1. The van der Waals surface area contributed by atoms with Gasteiger partial charge in [0.25, 0.3) is 0 Å². The molecular weight excluding hydrogens is 244 g/mol. The lowest BCUT2D eigenvalue weighted by Gasteiger charge is -2.24. The number of benzene rings is 1. The Kier molecular flexibility index (Phi) is 5.48. The van der Waals surface area contributed by atoms with Gasteiger partial charge in [0, 0.05) is 24.5 Å². The van der Waals surface area contributed by atoms with E-state index in [0.29, 0.717) is 6.61 Å². The summed E-state index contributed by atoms with van der Waals surface area (Å²) in [4.78, 5) is 0. The molecule has 1 aromatic rings. The number of hydrogen-bond donors (Lipinski definition) is 1. The lowest BCUT2D eigenvalue weighted by Crippen LogP contribution is -2.26. The van der Waals surface area contributed by atoms with E-state index in [-0.39, 0.29) is 12.7 Å². The smallest absolute Gasteiger partial charge is 0.128 e. The van der Waals surface area contributed by atoms with Gasteiger partial charge in [-0.1, -0.05) is 6.92 Å². The summed E-state index contributed by atoms with van der Waals surface area (Å²) in [5.74, 6) is 1.52. The molecule has 1 aliphatic heterocycles. The molecule has 1 N–H and O–H groups in total. The first-order chi connectivity index (χ1) is 9.33. The van der Waals surface area contributed by atoms with Crippen LogP contribution in [0.15, 0.2) is 18.2 Å². The fourth-order valence-electron chi connectivity index (χ4n) is 2.06. The minimum Gasteiger partial charge on any atom is -0.493 e. The molecule has 1 saturated heterocycles. The molecule has 0 atom stereocenters. The van der Waals surface area contributed by atoms with Crippen LogP contribution in [0.3, 0.4) is 0 Å². The van der Waals surface area contributed by atoms with Crippen molar-refractivity contribution in [3.8, 4) is 11.5 Å². The average molecular weight is 266 g/mol. The summed E-state index contributed by atoms with van der Waals surface area (Å²) in [6.07, 6.45) is 2.92. The second kappa shape index (κ2) is 7.36. The van der Waals surface area contributed by atoms with E-state index in [2.05, 4.69) is 6.92 Å². The van der Waals surface area contributed by atoms with Gasteiger partial charge in [-0.2, -0.15) is 0 Å². The molecule has 0 radical (unpaired) electrons. The van der Waals surface area contributed by atoms with Gasteiger partial charge in [0.05, 0.1) is 26.4 Å². The third-order valence-corrected chi connectivity index (χ3v) is 3.14. The van der Waals surface area contributed by atoms with Crippen molar-refractivity contribution in [1.29, 1.82) is 0 Å². The van der Waals surface area contributed by atoms with Gasteiger partial charge in [-0.05, 0) is 18.6 Å². The molecule has 0 spiro atoms. The molecule has 1 aromatic carbocycles. The van der Waals surface area contributed by atoms with Crippen LogP contribution >= 0.6 is 0 Å². The quantitative estimate of drug-likeness (QED) is 0.859. The summed E-state index contributed by atoms with van der Waals surface area (Å²) in [5, 5.41) is 9.37. The maximum Gasteiger partial charge on any atom is 0.128 e. The standard InChI is InChI=1S/C15H22O4/c1-2-7-18-14-4-3-12(11-16)15(10-14)19-13-5-8-17-9-6-13/h3-4,10,13,16H,2,5-9,11H2,1H3. The summed E-state index contributed by atoms with van der Waals surface area (Å²) < 4.78 is 16.9. The van der Waals surface area contributed by atoms with Gasteiger partial charge in [0.1, 0.15) is 17.6 Å². The summed E-state index contributed by atoms with van der Waals surface area (Å²) in [5.41, 5.74) is 0.801. The monoisotopic (exact) mass is 266 g/mol. The maximum absolute atomic E-state index is 9.37. The fourth-order valence-corrected chi connectivity index (χ4v) is 2.06. The average Bonchev–Trinajstić information content (AvgIpc) is 2.46. The van der Waals surface area contributed by atoms with Crippen LogP contribution in [0.5, 0.6) is 11.5 Å². The Bertz CT molecular complexity index is 386. The van der Waals surface area contributed by atoms with Gasteiger partial charge in [0.15, 0.2) is 0 Å². The van der Waals surface area contributed by atoms with E-state index >= 15 is 0 Å². The van der Waals surface area contributed by atoms with Gasteiger partial charge in [0.2, 0.25) is 0 Å². The van der Waals surface area contributed by atoms with Crippen LogP contribution in [0.4, 0.5) is 0 Å². The molecule has 0 aromatic heterocycles. The highest BCUT2D eigenvalue weighted by atomic mass is 16.5. The zero-order valence-electron chi connectivity index (χ0n) is 11.4. The molecule has 0 amide bonds. The second-order valence-corrected chi connectivity index (χ2v) is 4.71. The molecule has 2 rings (SSSR count). The van der Waals surface area contributed by atoms with Crippen molar-refractivity contribution < 1.29 is 19.3 Å². The Morgan fingerprint density at radius 1 is 1.32 bits per heavy atom. The molecule has 1 aliphatic rings. The Hall–Kier alpha value is -1.26. The molecule has 0 bridgehead atoms. The summed E-state index contributed by atoms with van der Waals surface area (Å²) in [6, 6.07) is 5.61. The Morgan fingerprint density at radius 3 is 2.79 bits per heavy atom. The van der Waals surface area contributed by atoms with Crippen molar-refractivity contribution in [1.82, 2.24) is 0 Å². The van der Waals surface area contributed by atoms with Crippen molar-refractivity contribution in [2.24, 2.45) is 0 Å². The molecule has 1 heterocycles. The molecular formula is C15H22O4. The normalized spacial score (nSPS) is 16.3. The van der Waals surface area contributed by atoms with Gasteiger partial charge < -0.3 is 19.3 Å². The van der Waals surface area contributed by atoms with Crippen LogP contribution < -0.4 is 9.47 Å². The molecule has 4 heteroatoms. The number of rotatable bonds is 6. The first-order valence-corrected chi connectivity index (χ1v) is 6.94. The van der Waals surface area contributed by atoms with Crippen molar-refractivity contribution in [2.75, 3.05) is 19.8 Å². The third kappa shape index (κ3) is 4.11. The van der Waals surface area contributed by atoms with Crippen molar-refractivity contribution in [3.05, 3.63) is 23.8 Å². The van der Waals surface area contributed by atoms with Gasteiger partial charge in [-0.3, -0.25) is 0 Å². The first-order valence-electron chi connectivity index (χ1n) is 6.94. The molecule has 0 aliphatic carbocycles. The fraction of sp³-hybridized carbons (Fsp3) is 0.600. The largest absolute Gasteiger partial charge is 0.493 e. The molecule has 0 unspecified atom stereocenters. The lowest BCUT2D eigenvalue weighted by atomic mass is 10.1. The lowest BCUT2D eigenvalue weighted by molar-refractivity contribution is 0.0246. The van der Waals surface area contributed by atoms with E-state index in [1.807, 2.05) is 18.2 Å².